The second-order valence-electron chi connectivity index (χ2n) is 4.94. The number of carbonyl (C=O) groups is 2. The van der Waals surface area contributed by atoms with E-state index in [0.29, 0.717) is 18.7 Å². The van der Waals surface area contributed by atoms with Crippen LogP contribution in [0, 0.1) is 0 Å². The summed E-state index contributed by atoms with van der Waals surface area (Å²) in [7, 11) is 3.86. The molecule has 21 heavy (non-hydrogen) atoms. The SMILES string of the molecule is CN(C)c1ccc(NC(=O)C(=O)NCCCCCO)cc1. The van der Waals surface area contributed by atoms with Gasteiger partial charge in [0.05, 0.1) is 0 Å². The first-order valence-corrected chi connectivity index (χ1v) is 7.02. The van der Waals surface area contributed by atoms with Crippen molar-refractivity contribution in [3.05, 3.63) is 24.3 Å². The molecule has 0 aliphatic carbocycles. The molecule has 0 unspecified atom stereocenters. The lowest BCUT2D eigenvalue weighted by atomic mass is 10.2. The predicted molar refractivity (Wildman–Crippen MR) is 83.3 cm³/mol. The fraction of sp³-hybridized carbons (Fsp3) is 0.467. The van der Waals surface area contributed by atoms with Crippen LogP contribution in [0.4, 0.5) is 11.4 Å². The second kappa shape index (κ2) is 8.97. The average Bonchev–Trinajstić information content (AvgIpc) is 2.47. The number of rotatable bonds is 7. The Morgan fingerprint density at radius 3 is 2.29 bits per heavy atom. The summed E-state index contributed by atoms with van der Waals surface area (Å²) in [5, 5.41) is 13.7. The quantitative estimate of drug-likeness (QED) is 0.517. The molecule has 0 heterocycles. The molecule has 0 saturated heterocycles. The van der Waals surface area contributed by atoms with Gasteiger partial charge in [0.2, 0.25) is 0 Å². The molecule has 0 atom stereocenters. The molecule has 116 valence electrons. The number of benzene rings is 1. The van der Waals surface area contributed by atoms with Gasteiger partial charge in [-0.2, -0.15) is 0 Å². The van der Waals surface area contributed by atoms with Gasteiger partial charge >= 0.3 is 11.8 Å². The first-order chi connectivity index (χ1) is 10.0. The zero-order valence-electron chi connectivity index (χ0n) is 12.6. The fourth-order valence-electron chi connectivity index (χ4n) is 1.73. The molecule has 3 N–H and O–H groups in total. The molecular weight excluding hydrogens is 270 g/mol. The van der Waals surface area contributed by atoms with Crippen LogP contribution in [0.5, 0.6) is 0 Å². The van der Waals surface area contributed by atoms with Crippen LogP contribution in [-0.4, -0.2) is 44.2 Å². The Kier molecular flexibility index (Phi) is 7.25. The maximum atomic E-state index is 11.7. The third-order valence-corrected chi connectivity index (χ3v) is 2.97. The summed E-state index contributed by atoms with van der Waals surface area (Å²) in [5.74, 6) is -1.31. The molecule has 1 aromatic carbocycles. The Morgan fingerprint density at radius 1 is 1.05 bits per heavy atom. The Hall–Kier alpha value is -2.08. The predicted octanol–water partition coefficient (Wildman–Crippen LogP) is 0.970. The van der Waals surface area contributed by atoms with Crippen LogP contribution in [0.25, 0.3) is 0 Å². The van der Waals surface area contributed by atoms with Gasteiger partial charge in [-0.1, -0.05) is 0 Å². The minimum atomic E-state index is -0.672. The van der Waals surface area contributed by atoms with Crippen molar-refractivity contribution < 1.29 is 14.7 Å². The van der Waals surface area contributed by atoms with Crippen molar-refractivity contribution in [3.63, 3.8) is 0 Å². The zero-order chi connectivity index (χ0) is 15.7. The lowest BCUT2D eigenvalue weighted by Crippen LogP contribution is -2.35. The van der Waals surface area contributed by atoms with Gasteiger partial charge in [-0.3, -0.25) is 9.59 Å². The minimum absolute atomic E-state index is 0.150. The van der Waals surface area contributed by atoms with Gasteiger partial charge in [0, 0.05) is 38.6 Å². The van der Waals surface area contributed by atoms with Crippen molar-refractivity contribution in [2.45, 2.75) is 19.3 Å². The van der Waals surface area contributed by atoms with E-state index < -0.39 is 11.8 Å². The molecule has 2 amide bonds. The summed E-state index contributed by atoms with van der Waals surface area (Å²) in [6.07, 6.45) is 2.28. The zero-order valence-corrected chi connectivity index (χ0v) is 12.6. The van der Waals surface area contributed by atoms with Gasteiger partial charge in [-0.05, 0) is 43.5 Å². The molecule has 0 radical (unpaired) electrons. The summed E-state index contributed by atoms with van der Waals surface area (Å²) in [6, 6.07) is 7.23. The Balaban J connectivity index is 2.36. The van der Waals surface area contributed by atoms with Crippen LogP contribution in [0.1, 0.15) is 19.3 Å². The summed E-state index contributed by atoms with van der Waals surface area (Å²) in [4.78, 5) is 25.2. The molecule has 1 aromatic rings. The molecule has 0 saturated carbocycles. The number of unbranched alkanes of at least 4 members (excludes halogenated alkanes) is 2. The van der Waals surface area contributed by atoms with Gasteiger partial charge in [-0.25, -0.2) is 0 Å². The van der Waals surface area contributed by atoms with Crippen LogP contribution >= 0.6 is 0 Å². The van der Waals surface area contributed by atoms with Gasteiger partial charge in [0.15, 0.2) is 0 Å². The number of nitrogens with zero attached hydrogens (tertiary/aromatic N) is 1. The standard InChI is InChI=1S/C15H23N3O3/c1-18(2)13-8-6-12(7-9-13)17-15(21)14(20)16-10-4-3-5-11-19/h6-9,19H,3-5,10-11H2,1-2H3,(H,16,20)(H,17,21). The first-order valence-electron chi connectivity index (χ1n) is 7.02. The van der Waals surface area contributed by atoms with Crippen LogP contribution < -0.4 is 15.5 Å². The number of amides is 2. The van der Waals surface area contributed by atoms with Gasteiger partial charge in [-0.15, -0.1) is 0 Å². The highest BCUT2D eigenvalue weighted by Gasteiger charge is 2.12. The fourth-order valence-corrected chi connectivity index (χ4v) is 1.73. The minimum Gasteiger partial charge on any atom is -0.396 e. The number of nitrogens with one attached hydrogen (secondary N) is 2. The van der Waals surface area contributed by atoms with E-state index in [2.05, 4.69) is 10.6 Å². The lowest BCUT2D eigenvalue weighted by molar-refractivity contribution is -0.136. The smallest absolute Gasteiger partial charge is 0.313 e. The highest BCUT2D eigenvalue weighted by atomic mass is 16.3. The summed E-state index contributed by atoms with van der Waals surface area (Å²) in [5.41, 5.74) is 1.60. The molecule has 6 nitrogen and oxygen atoms in total. The van der Waals surface area contributed by atoms with Gasteiger partial charge in [0.25, 0.3) is 0 Å². The Morgan fingerprint density at radius 2 is 1.71 bits per heavy atom. The molecule has 0 aromatic heterocycles. The number of anilines is 2. The summed E-state index contributed by atoms with van der Waals surface area (Å²) >= 11 is 0. The third-order valence-electron chi connectivity index (χ3n) is 2.97. The van der Waals surface area contributed by atoms with Crippen molar-refractivity contribution in [2.24, 2.45) is 0 Å². The van der Waals surface area contributed by atoms with Crippen LogP contribution in [0.2, 0.25) is 0 Å². The molecule has 0 aliphatic rings. The van der Waals surface area contributed by atoms with Crippen LogP contribution in [0.15, 0.2) is 24.3 Å². The largest absolute Gasteiger partial charge is 0.396 e. The lowest BCUT2D eigenvalue weighted by Gasteiger charge is -2.13. The van der Waals surface area contributed by atoms with Crippen molar-refractivity contribution in [1.82, 2.24) is 5.32 Å². The normalized spacial score (nSPS) is 10.0. The number of aliphatic hydroxyl groups excluding tert-OH is 1. The van der Waals surface area contributed by atoms with E-state index in [0.717, 1.165) is 18.5 Å². The maximum absolute atomic E-state index is 11.7. The van der Waals surface area contributed by atoms with E-state index >= 15 is 0 Å². The molecule has 6 heteroatoms. The maximum Gasteiger partial charge on any atom is 0.313 e. The molecule has 0 fully saturated rings. The number of hydrogen-bond acceptors (Lipinski definition) is 4. The number of aliphatic hydroxyl groups is 1. The first kappa shape index (κ1) is 17.0. The van der Waals surface area contributed by atoms with E-state index in [1.807, 2.05) is 31.1 Å². The van der Waals surface area contributed by atoms with Gasteiger partial charge in [0.1, 0.15) is 0 Å². The van der Waals surface area contributed by atoms with Crippen LogP contribution in [-0.2, 0) is 9.59 Å². The molecule has 0 aliphatic heterocycles. The topological polar surface area (TPSA) is 81.7 Å². The molecule has 0 spiro atoms. The van der Waals surface area contributed by atoms with E-state index in [4.69, 9.17) is 5.11 Å². The Labute approximate surface area is 125 Å². The summed E-state index contributed by atoms with van der Waals surface area (Å²) < 4.78 is 0. The molecular formula is C15H23N3O3. The summed E-state index contributed by atoms with van der Waals surface area (Å²) in [6.45, 7) is 0.587. The number of carbonyl (C=O) groups excluding carboxylic acids is 2. The highest BCUT2D eigenvalue weighted by Crippen LogP contribution is 2.15. The number of hydrogen-bond donors (Lipinski definition) is 3. The van der Waals surface area contributed by atoms with E-state index in [9.17, 15) is 9.59 Å². The van der Waals surface area contributed by atoms with E-state index in [-0.39, 0.29) is 6.61 Å². The second-order valence-corrected chi connectivity index (χ2v) is 4.94. The Bertz CT molecular complexity index is 458. The van der Waals surface area contributed by atoms with Crippen molar-refractivity contribution in [3.8, 4) is 0 Å². The van der Waals surface area contributed by atoms with Crippen molar-refractivity contribution in [1.29, 1.82) is 0 Å². The molecule has 0 bridgehead atoms. The van der Waals surface area contributed by atoms with Gasteiger partial charge < -0.3 is 20.6 Å². The average molecular weight is 293 g/mol. The molecule has 1 rings (SSSR count). The van der Waals surface area contributed by atoms with E-state index in [1.54, 1.807) is 12.1 Å². The van der Waals surface area contributed by atoms with Crippen molar-refractivity contribution in [2.75, 3.05) is 37.5 Å². The third kappa shape index (κ3) is 6.27. The van der Waals surface area contributed by atoms with E-state index in [1.165, 1.54) is 0 Å². The highest BCUT2D eigenvalue weighted by molar-refractivity contribution is 6.39. The van der Waals surface area contributed by atoms with Crippen LogP contribution in [0.3, 0.4) is 0 Å². The monoisotopic (exact) mass is 293 g/mol. The van der Waals surface area contributed by atoms with Crippen molar-refractivity contribution >= 4 is 23.2 Å².